The lowest BCUT2D eigenvalue weighted by Crippen LogP contribution is -2.04. The standard InChI is InChI=1S/C11H14N4O3/c1-7-9(6-14(2)12-7)15-5-8(3-4-16)10(13-15)11(17)18/h5-6,16H,3-4H2,1-2H3,(H,17,18). The van der Waals surface area contributed by atoms with Crippen molar-refractivity contribution in [1.29, 1.82) is 0 Å². The minimum Gasteiger partial charge on any atom is -0.476 e. The first-order valence-electron chi connectivity index (χ1n) is 5.46. The Morgan fingerprint density at radius 2 is 2.11 bits per heavy atom. The average molecular weight is 250 g/mol. The summed E-state index contributed by atoms with van der Waals surface area (Å²) in [4.78, 5) is 11.1. The molecule has 0 fully saturated rings. The molecule has 0 radical (unpaired) electrons. The predicted octanol–water partition coefficient (Wildman–Crippen LogP) is 0.147. The van der Waals surface area contributed by atoms with Gasteiger partial charge in [0.1, 0.15) is 5.69 Å². The minimum atomic E-state index is -1.10. The molecule has 0 aromatic carbocycles. The van der Waals surface area contributed by atoms with E-state index in [0.29, 0.717) is 5.56 Å². The first kappa shape index (κ1) is 12.3. The van der Waals surface area contributed by atoms with Gasteiger partial charge in [0.2, 0.25) is 0 Å². The Hall–Kier alpha value is -2.15. The Morgan fingerprint density at radius 3 is 2.61 bits per heavy atom. The molecule has 0 aliphatic rings. The van der Waals surface area contributed by atoms with Crippen LogP contribution in [0.3, 0.4) is 0 Å². The zero-order chi connectivity index (χ0) is 13.3. The van der Waals surface area contributed by atoms with E-state index in [0.717, 1.165) is 11.4 Å². The fourth-order valence-corrected chi connectivity index (χ4v) is 1.83. The third-order valence-electron chi connectivity index (χ3n) is 2.61. The predicted molar refractivity (Wildman–Crippen MR) is 62.8 cm³/mol. The summed E-state index contributed by atoms with van der Waals surface area (Å²) in [7, 11) is 1.78. The largest absolute Gasteiger partial charge is 0.476 e. The fourth-order valence-electron chi connectivity index (χ4n) is 1.83. The highest BCUT2D eigenvalue weighted by molar-refractivity contribution is 5.87. The van der Waals surface area contributed by atoms with Crippen molar-refractivity contribution in [3.63, 3.8) is 0 Å². The molecule has 0 unspecified atom stereocenters. The monoisotopic (exact) mass is 250 g/mol. The maximum absolute atomic E-state index is 11.1. The SMILES string of the molecule is Cc1nn(C)cc1-n1cc(CCO)c(C(=O)O)n1. The summed E-state index contributed by atoms with van der Waals surface area (Å²) in [5, 5.41) is 26.2. The minimum absolute atomic E-state index is 0.0349. The molecule has 0 atom stereocenters. The van der Waals surface area contributed by atoms with E-state index in [9.17, 15) is 4.79 Å². The Labute approximate surface area is 103 Å². The number of carbonyl (C=O) groups is 1. The summed E-state index contributed by atoms with van der Waals surface area (Å²) < 4.78 is 3.12. The van der Waals surface area contributed by atoms with Gasteiger partial charge in [0.15, 0.2) is 5.69 Å². The Balaban J connectivity index is 2.49. The molecular formula is C11H14N4O3. The van der Waals surface area contributed by atoms with Crippen molar-refractivity contribution in [3.05, 3.63) is 29.3 Å². The number of aromatic carboxylic acids is 1. The van der Waals surface area contributed by atoms with Gasteiger partial charge in [0, 0.05) is 25.4 Å². The van der Waals surface area contributed by atoms with E-state index in [1.165, 1.54) is 4.68 Å². The molecule has 2 aromatic heterocycles. The van der Waals surface area contributed by atoms with Crippen molar-refractivity contribution in [2.75, 3.05) is 6.61 Å². The van der Waals surface area contributed by atoms with Crippen LogP contribution < -0.4 is 0 Å². The normalized spacial score (nSPS) is 10.8. The van der Waals surface area contributed by atoms with Gasteiger partial charge in [-0.15, -0.1) is 0 Å². The highest BCUT2D eigenvalue weighted by Crippen LogP contribution is 2.15. The lowest BCUT2D eigenvalue weighted by atomic mass is 10.2. The second kappa shape index (κ2) is 4.61. The van der Waals surface area contributed by atoms with Gasteiger partial charge >= 0.3 is 5.97 Å². The summed E-state index contributed by atoms with van der Waals surface area (Å²) in [6.45, 7) is 1.71. The topological polar surface area (TPSA) is 93.2 Å². The second-order valence-electron chi connectivity index (χ2n) is 4.00. The van der Waals surface area contributed by atoms with Crippen LogP contribution in [0.4, 0.5) is 0 Å². The highest BCUT2D eigenvalue weighted by atomic mass is 16.4. The van der Waals surface area contributed by atoms with Gasteiger partial charge in [-0.3, -0.25) is 4.68 Å². The lowest BCUT2D eigenvalue weighted by Gasteiger charge is -1.96. The Kier molecular flexibility index (Phi) is 3.15. The van der Waals surface area contributed by atoms with E-state index in [-0.39, 0.29) is 18.7 Å². The van der Waals surface area contributed by atoms with Crippen LogP contribution in [-0.2, 0) is 13.5 Å². The third kappa shape index (κ3) is 2.12. The molecule has 0 saturated carbocycles. The van der Waals surface area contributed by atoms with Gasteiger partial charge in [-0.25, -0.2) is 9.48 Å². The van der Waals surface area contributed by atoms with Crippen molar-refractivity contribution in [2.45, 2.75) is 13.3 Å². The summed E-state index contributed by atoms with van der Waals surface area (Å²) >= 11 is 0. The zero-order valence-corrected chi connectivity index (χ0v) is 10.2. The maximum atomic E-state index is 11.1. The number of hydrogen-bond donors (Lipinski definition) is 2. The smallest absolute Gasteiger partial charge is 0.356 e. The van der Waals surface area contributed by atoms with E-state index < -0.39 is 5.97 Å². The van der Waals surface area contributed by atoms with Gasteiger partial charge in [0.25, 0.3) is 0 Å². The summed E-state index contributed by atoms with van der Waals surface area (Å²) in [6.07, 6.45) is 3.64. The molecular weight excluding hydrogens is 236 g/mol. The van der Waals surface area contributed by atoms with Gasteiger partial charge in [-0.05, 0) is 13.3 Å². The van der Waals surface area contributed by atoms with E-state index in [1.54, 1.807) is 24.1 Å². The van der Waals surface area contributed by atoms with Crippen molar-refractivity contribution < 1.29 is 15.0 Å². The molecule has 7 nitrogen and oxygen atoms in total. The van der Waals surface area contributed by atoms with E-state index in [2.05, 4.69) is 10.2 Å². The van der Waals surface area contributed by atoms with Crippen molar-refractivity contribution in [2.24, 2.45) is 7.05 Å². The molecule has 0 aliphatic carbocycles. The van der Waals surface area contributed by atoms with E-state index in [1.807, 2.05) is 6.92 Å². The van der Waals surface area contributed by atoms with Crippen molar-refractivity contribution >= 4 is 5.97 Å². The van der Waals surface area contributed by atoms with Crippen LogP contribution in [0.2, 0.25) is 0 Å². The Morgan fingerprint density at radius 1 is 1.39 bits per heavy atom. The van der Waals surface area contributed by atoms with Gasteiger partial charge < -0.3 is 10.2 Å². The second-order valence-corrected chi connectivity index (χ2v) is 4.00. The van der Waals surface area contributed by atoms with Crippen LogP contribution in [0.15, 0.2) is 12.4 Å². The number of aromatic nitrogens is 4. The molecule has 2 rings (SSSR count). The van der Waals surface area contributed by atoms with Crippen LogP contribution in [0.5, 0.6) is 0 Å². The molecule has 0 spiro atoms. The zero-order valence-electron chi connectivity index (χ0n) is 10.2. The molecule has 7 heteroatoms. The molecule has 18 heavy (non-hydrogen) atoms. The maximum Gasteiger partial charge on any atom is 0.356 e. The van der Waals surface area contributed by atoms with Crippen LogP contribution in [-0.4, -0.2) is 42.4 Å². The van der Waals surface area contributed by atoms with Gasteiger partial charge in [-0.1, -0.05) is 0 Å². The molecule has 2 heterocycles. The first-order chi connectivity index (χ1) is 8.52. The van der Waals surface area contributed by atoms with E-state index in [4.69, 9.17) is 10.2 Å². The Bertz CT molecular complexity index is 585. The van der Waals surface area contributed by atoms with Gasteiger partial charge in [-0.2, -0.15) is 10.2 Å². The molecule has 0 bridgehead atoms. The summed E-state index contributed by atoms with van der Waals surface area (Å²) in [5.41, 5.74) is 1.96. The summed E-state index contributed by atoms with van der Waals surface area (Å²) in [6, 6.07) is 0. The number of aliphatic hydroxyl groups is 1. The molecule has 2 N–H and O–H groups in total. The van der Waals surface area contributed by atoms with Crippen molar-refractivity contribution in [3.8, 4) is 5.69 Å². The number of carboxylic acids is 1. The molecule has 96 valence electrons. The van der Waals surface area contributed by atoms with Crippen LogP contribution in [0, 0.1) is 6.92 Å². The van der Waals surface area contributed by atoms with Gasteiger partial charge in [0.05, 0.1) is 11.9 Å². The summed E-state index contributed by atoms with van der Waals surface area (Å²) in [5.74, 6) is -1.10. The molecule has 2 aromatic rings. The van der Waals surface area contributed by atoms with Crippen LogP contribution in [0.25, 0.3) is 5.69 Å². The van der Waals surface area contributed by atoms with Crippen molar-refractivity contribution in [1.82, 2.24) is 19.6 Å². The third-order valence-corrected chi connectivity index (χ3v) is 2.61. The highest BCUT2D eigenvalue weighted by Gasteiger charge is 2.17. The quantitative estimate of drug-likeness (QED) is 0.805. The number of hydrogen-bond acceptors (Lipinski definition) is 4. The number of aliphatic hydroxyl groups excluding tert-OH is 1. The number of carboxylic acid groups (broad SMARTS) is 1. The number of rotatable bonds is 4. The molecule has 0 amide bonds. The van der Waals surface area contributed by atoms with E-state index >= 15 is 0 Å². The number of aryl methyl sites for hydroxylation is 2. The first-order valence-corrected chi connectivity index (χ1v) is 5.46. The number of nitrogens with zero attached hydrogens (tertiary/aromatic N) is 4. The molecule has 0 aliphatic heterocycles. The fraction of sp³-hybridized carbons (Fsp3) is 0.364. The average Bonchev–Trinajstić information content (AvgIpc) is 2.83. The molecule has 0 saturated heterocycles. The van der Waals surface area contributed by atoms with Crippen LogP contribution >= 0.6 is 0 Å². The lowest BCUT2D eigenvalue weighted by molar-refractivity contribution is 0.0688. The van der Waals surface area contributed by atoms with Crippen LogP contribution in [0.1, 0.15) is 21.7 Å².